The smallest absolute Gasteiger partial charge is 0.278 e. The molecular formula is C88H69F3N12O12. The van der Waals surface area contributed by atoms with Crippen LogP contribution in [0.3, 0.4) is 0 Å². The first kappa shape index (κ1) is 74.5. The Morgan fingerprint density at radius 1 is 0.383 bits per heavy atom. The summed E-state index contributed by atoms with van der Waals surface area (Å²) < 4.78 is 88.9. The largest absolute Gasteiger partial charge is 0.497 e. The number of carbonyl (C=O) groups is 3. The quantitative estimate of drug-likeness (QED) is 0.0605. The lowest BCUT2D eigenvalue weighted by molar-refractivity contribution is 0.0984. The van der Waals surface area contributed by atoms with Crippen molar-refractivity contribution >= 4 is 55.8 Å². The zero-order valence-electron chi connectivity index (χ0n) is 62.2. The van der Waals surface area contributed by atoms with Crippen LogP contribution in [-0.2, 0) is 52.0 Å². The van der Waals surface area contributed by atoms with E-state index in [1.165, 1.54) is 41.1 Å². The number of ketones is 3. The van der Waals surface area contributed by atoms with Crippen molar-refractivity contribution in [3.8, 4) is 85.5 Å². The van der Waals surface area contributed by atoms with Gasteiger partial charge in [-0.1, -0.05) is 24.8 Å². The second kappa shape index (κ2) is 32.0. The van der Waals surface area contributed by atoms with E-state index in [4.69, 9.17) is 28.4 Å². The van der Waals surface area contributed by atoms with Crippen molar-refractivity contribution < 1.29 is 56.0 Å². The van der Waals surface area contributed by atoms with Gasteiger partial charge in [-0.25, -0.2) is 27.2 Å². The number of fused-ring (bicyclic) bond motifs is 6. The molecule has 0 aliphatic carbocycles. The molecule has 12 heterocycles. The summed E-state index contributed by atoms with van der Waals surface area (Å²) in [6, 6.07) is 44.8. The lowest BCUT2D eigenvalue weighted by Gasteiger charge is -2.11. The highest BCUT2D eigenvalue weighted by molar-refractivity contribution is 6.05. The molecule has 24 nitrogen and oxygen atoms in total. The average molecular weight is 1540 g/mol. The highest BCUT2D eigenvalue weighted by Gasteiger charge is 2.33. The first-order valence-corrected chi connectivity index (χ1v) is 36.7. The molecule has 0 N–H and O–H groups in total. The molecule has 574 valence electrons. The van der Waals surface area contributed by atoms with Gasteiger partial charge < -0.3 is 28.4 Å². The molecule has 0 radical (unpaired) electrons. The molecule has 9 aromatic heterocycles. The lowest BCUT2D eigenvalue weighted by atomic mass is 10.00. The molecule has 18 rings (SSSR count). The maximum Gasteiger partial charge on any atom is 0.278 e. The van der Waals surface area contributed by atoms with Crippen molar-refractivity contribution in [2.24, 2.45) is 0 Å². The number of hydrogen-bond donors (Lipinski definition) is 0. The van der Waals surface area contributed by atoms with E-state index in [-0.39, 0.29) is 81.4 Å². The van der Waals surface area contributed by atoms with E-state index in [0.717, 1.165) is 24.1 Å². The van der Waals surface area contributed by atoms with E-state index in [0.29, 0.717) is 151 Å². The molecule has 6 aromatic carbocycles. The summed E-state index contributed by atoms with van der Waals surface area (Å²) >= 11 is 0. The predicted molar refractivity (Wildman–Crippen MR) is 423 cm³/mol. The Balaban J connectivity index is 0.000000130. The molecule has 0 saturated heterocycles. The standard InChI is InChI=1S/C30H23FN4O4.2C29H23FN4O4/c1-18-10-14-34-30(37)28(29(35(18)34)20-7-11-32-12-8-20)25(36)16-19-3-6-27(23(31)15-19)39-26-9-13-33-24-17-21(38-2)4-5-22(24)26;1-37-20-4-5-21-23(17-20)32-12-9-25(21)38-26-6-3-18(15-22(26)30)16-24(35)27-28(19-7-10-31-11-8-19)33-13-2-14-34(33)29(27)36;1-37-20-6-7-21-23(16-20)32-11-9-25(21)38-26-8-5-18(14-22(26)30)15-24(35)27-28(19-4-2-10-31-17-19)33-12-3-13-34(33)29(27)36/h3-9,11-13,15,17H,1,10,14,16H2,2H3;3-12,15,17H,2,13-14,16H2,1H3;2,4-11,14,16-17H,3,12-13,15H2,1H3. The molecule has 0 saturated carbocycles. The van der Waals surface area contributed by atoms with Gasteiger partial charge in [0, 0.05) is 171 Å². The molecule has 15 aromatic rings. The third kappa shape index (κ3) is 14.8. The van der Waals surface area contributed by atoms with E-state index < -0.39 is 23.2 Å². The molecule has 115 heavy (non-hydrogen) atoms. The maximum absolute atomic E-state index is 15.2. The molecule has 3 aliphatic heterocycles. The Morgan fingerprint density at radius 3 is 1.14 bits per heavy atom. The number of halogens is 3. The summed E-state index contributed by atoms with van der Waals surface area (Å²) in [5, 5.41) is 2.11. The monoisotopic (exact) mass is 1540 g/mol. The lowest BCUT2D eigenvalue weighted by Crippen LogP contribution is -2.22. The van der Waals surface area contributed by atoms with Crippen LogP contribution in [-0.4, -0.2) is 96.7 Å². The predicted octanol–water partition coefficient (Wildman–Crippen LogP) is 15.6. The number of carbonyl (C=O) groups excluding carboxylic acids is 3. The molecule has 27 heteroatoms. The molecule has 0 amide bonds. The van der Waals surface area contributed by atoms with Crippen molar-refractivity contribution in [2.75, 3.05) is 21.3 Å². The molecule has 0 spiro atoms. The Kier molecular flexibility index (Phi) is 20.7. The van der Waals surface area contributed by atoms with Gasteiger partial charge in [0.05, 0.1) is 55.0 Å². The van der Waals surface area contributed by atoms with E-state index >= 15 is 13.2 Å². The Hall–Kier alpha value is -14.6. The summed E-state index contributed by atoms with van der Waals surface area (Å²) in [6.07, 6.45) is 16.4. The van der Waals surface area contributed by atoms with Crippen molar-refractivity contribution in [1.82, 2.24) is 58.0 Å². The molecular weight excluding hydrogens is 1470 g/mol. The Labute approximate surface area is 652 Å². The Bertz CT molecular complexity index is 6300. The van der Waals surface area contributed by atoms with Crippen molar-refractivity contribution in [1.29, 1.82) is 0 Å². The minimum Gasteiger partial charge on any atom is -0.497 e. The minimum atomic E-state index is -0.627. The molecule has 3 aliphatic rings. The van der Waals surface area contributed by atoms with Crippen LogP contribution < -0.4 is 45.1 Å². The second-order valence-corrected chi connectivity index (χ2v) is 27.2. The number of nitrogens with zero attached hydrogens (tertiary/aromatic N) is 12. The van der Waals surface area contributed by atoms with Gasteiger partial charge in [0.1, 0.15) is 51.2 Å². The highest BCUT2D eigenvalue weighted by Crippen LogP contribution is 2.39. The molecule has 0 unspecified atom stereocenters. The summed E-state index contributed by atoms with van der Waals surface area (Å²) in [5.41, 5.74) is 7.01. The van der Waals surface area contributed by atoms with Gasteiger partial charge in [0.2, 0.25) is 0 Å². The van der Waals surface area contributed by atoms with Gasteiger partial charge in [-0.15, -0.1) is 0 Å². The fourth-order valence-corrected chi connectivity index (χ4v) is 14.7. The third-order valence-corrected chi connectivity index (χ3v) is 20.2. The number of ether oxygens (including phenoxy) is 6. The maximum atomic E-state index is 15.2. The summed E-state index contributed by atoms with van der Waals surface area (Å²) in [5.74, 6) is 0.329. The van der Waals surface area contributed by atoms with Crippen LogP contribution in [0.2, 0.25) is 0 Å². The zero-order chi connectivity index (χ0) is 79.5. The normalized spacial score (nSPS) is 12.5. The van der Waals surface area contributed by atoms with Crippen molar-refractivity contribution in [3.63, 3.8) is 0 Å². The van der Waals surface area contributed by atoms with Gasteiger partial charge in [-0.2, -0.15) is 0 Å². The van der Waals surface area contributed by atoms with Gasteiger partial charge in [0.25, 0.3) is 16.7 Å². The highest BCUT2D eigenvalue weighted by atomic mass is 19.1. The third-order valence-electron chi connectivity index (χ3n) is 20.2. The molecule has 0 bridgehead atoms. The number of allylic oxidation sites excluding steroid dienone is 1. The number of aromatic nitrogens is 12. The van der Waals surface area contributed by atoms with Crippen LogP contribution in [0, 0.1) is 17.5 Å². The number of rotatable bonds is 21. The van der Waals surface area contributed by atoms with Gasteiger partial charge in [-0.05, 0) is 157 Å². The van der Waals surface area contributed by atoms with Gasteiger partial charge >= 0.3 is 0 Å². The summed E-state index contributed by atoms with van der Waals surface area (Å²) in [6.45, 7) is 6.91. The SMILES string of the molecule is C=C1CCn2c(=O)c(C(=O)Cc3ccc(Oc4ccnc5cc(OC)ccc45)c(F)c3)c(-c3ccncc3)n21.COc1ccc2c(Oc3ccc(CC(=O)c4c(-c5cccnc5)n5n(c4=O)CCC5)cc3F)ccnc2c1.COc1ccc2c(Oc3ccc(CC(=O)c4c(-c5ccncc5)n5n(c4=O)CCC5)cc3F)ccnc2c1. The number of benzene rings is 6. The van der Waals surface area contributed by atoms with Gasteiger partial charge in [0.15, 0.2) is 52.0 Å². The Morgan fingerprint density at radius 2 is 0.757 bits per heavy atom. The number of Topliss-reactive ketones (excluding diaryl/α,β-unsaturated/α-hetero) is 3. The van der Waals surface area contributed by atoms with Crippen molar-refractivity contribution in [2.45, 2.75) is 71.2 Å². The van der Waals surface area contributed by atoms with E-state index in [1.54, 1.807) is 212 Å². The van der Waals surface area contributed by atoms with Crippen LogP contribution in [0.4, 0.5) is 13.2 Å². The van der Waals surface area contributed by atoms with Gasteiger partial charge in [-0.3, -0.25) is 72.7 Å². The second-order valence-electron chi connectivity index (χ2n) is 27.2. The molecule has 0 fully saturated rings. The first-order chi connectivity index (χ1) is 56.0. The zero-order valence-corrected chi connectivity index (χ0v) is 62.2. The van der Waals surface area contributed by atoms with E-state index in [2.05, 4.69) is 36.5 Å². The summed E-state index contributed by atoms with van der Waals surface area (Å²) in [4.78, 5) is 105. The van der Waals surface area contributed by atoms with Crippen LogP contribution in [0.15, 0.2) is 241 Å². The van der Waals surface area contributed by atoms with E-state index in [1.807, 2.05) is 15.4 Å². The van der Waals surface area contributed by atoms with Crippen LogP contribution in [0.5, 0.6) is 51.7 Å². The number of hydrogen-bond acceptors (Lipinski definition) is 18. The fourth-order valence-electron chi connectivity index (χ4n) is 14.7. The minimum absolute atomic E-state index is 0.00574. The van der Waals surface area contributed by atoms with Crippen LogP contribution >= 0.6 is 0 Å². The van der Waals surface area contributed by atoms with Crippen LogP contribution in [0.25, 0.3) is 72.2 Å². The van der Waals surface area contributed by atoms with Crippen molar-refractivity contribution in [3.05, 3.63) is 308 Å². The number of methoxy groups -OCH3 is 3. The summed E-state index contributed by atoms with van der Waals surface area (Å²) in [7, 11) is 4.71. The average Bonchev–Trinajstić information content (AvgIpc) is 1.55. The fraction of sp³-hybridized carbons (Fsp3) is 0.159. The topological polar surface area (TPSA) is 265 Å². The molecule has 0 atom stereocenters. The first-order valence-electron chi connectivity index (χ1n) is 36.7. The van der Waals surface area contributed by atoms with E-state index in [9.17, 15) is 28.8 Å². The number of pyridine rings is 6. The van der Waals surface area contributed by atoms with Crippen LogP contribution in [0.1, 0.15) is 67.0 Å².